The van der Waals surface area contributed by atoms with E-state index in [2.05, 4.69) is 28.9 Å². The molecule has 0 unspecified atom stereocenters. The molecule has 0 saturated heterocycles. The first-order valence-corrected chi connectivity index (χ1v) is 5.97. The summed E-state index contributed by atoms with van der Waals surface area (Å²) in [5.41, 5.74) is 1.25. The number of halogens is 1. The van der Waals surface area contributed by atoms with Gasteiger partial charge in [-0.25, -0.2) is 0 Å². The van der Waals surface area contributed by atoms with E-state index in [9.17, 15) is 0 Å². The molecule has 1 aromatic rings. The molecule has 1 rings (SSSR count). The molecule has 0 aromatic heterocycles. The van der Waals surface area contributed by atoms with Gasteiger partial charge < -0.3 is 9.47 Å². The fourth-order valence-electron chi connectivity index (χ4n) is 1.34. The Bertz CT molecular complexity index is 300. The summed E-state index contributed by atoms with van der Waals surface area (Å²) < 4.78 is 11.7. The summed E-state index contributed by atoms with van der Waals surface area (Å²) in [5.74, 6) is 0.975. The molecule has 0 aliphatic carbocycles. The van der Waals surface area contributed by atoms with Gasteiger partial charge in [-0.05, 0) is 24.1 Å². The van der Waals surface area contributed by atoms with Crippen molar-refractivity contribution in [2.24, 2.45) is 0 Å². The van der Waals surface area contributed by atoms with Crippen molar-refractivity contribution in [2.75, 3.05) is 20.3 Å². The maximum absolute atomic E-state index is 5.70. The Morgan fingerprint density at radius 3 is 2.73 bits per heavy atom. The first-order valence-electron chi connectivity index (χ1n) is 5.18. The molecule has 0 spiro atoms. The third-order valence-corrected chi connectivity index (χ3v) is 2.65. The Kier molecular flexibility index (Phi) is 5.73. The standard InChI is InChI=1S/C12H17BrO2/c1-3-10-5-6-11(13)9-12(10)15-8-4-7-14-2/h5-6,9H,3-4,7-8H2,1-2H3. The van der Waals surface area contributed by atoms with Crippen molar-refractivity contribution in [1.82, 2.24) is 0 Å². The molecule has 0 heterocycles. The second kappa shape index (κ2) is 6.85. The number of aryl methyl sites for hydroxylation is 1. The predicted octanol–water partition coefficient (Wildman–Crippen LogP) is 3.43. The van der Waals surface area contributed by atoms with E-state index in [1.807, 2.05) is 12.1 Å². The Labute approximate surface area is 99.7 Å². The molecule has 1 aromatic carbocycles. The van der Waals surface area contributed by atoms with Gasteiger partial charge in [0.2, 0.25) is 0 Å². The second-order valence-electron chi connectivity index (χ2n) is 3.30. The average molecular weight is 273 g/mol. The highest BCUT2D eigenvalue weighted by molar-refractivity contribution is 9.10. The predicted molar refractivity (Wildman–Crippen MR) is 65.5 cm³/mol. The van der Waals surface area contributed by atoms with Gasteiger partial charge in [0.1, 0.15) is 5.75 Å². The van der Waals surface area contributed by atoms with Crippen LogP contribution in [0.25, 0.3) is 0 Å². The van der Waals surface area contributed by atoms with Gasteiger partial charge in [0.15, 0.2) is 0 Å². The normalized spacial score (nSPS) is 10.3. The van der Waals surface area contributed by atoms with E-state index >= 15 is 0 Å². The summed E-state index contributed by atoms with van der Waals surface area (Å²) >= 11 is 3.44. The molecule has 0 radical (unpaired) electrons. The zero-order valence-electron chi connectivity index (χ0n) is 9.25. The van der Waals surface area contributed by atoms with Gasteiger partial charge in [0.25, 0.3) is 0 Å². The van der Waals surface area contributed by atoms with Crippen LogP contribution >= 0.6 is 15.9 Å². The fraction of sp³-hybridized carbons (Fsp3) is 0.500. The zero-order chi connectivity index (χ0) is 11.1. The highest BCUT2D eigenvalue weighted by atomic mass is 79.9. The summed E-state index contributed by atoms with van der Waals surface area (Å²) in [6, 6.07) is 6.15. The number of ether oxygens (including phenoxy) is 2. The van der Waals surface area contributed by atoms with Crippen molar-refractivity contribution in [1.29, 1.82) is 0 Å². The minimum absolute atomic E-state index is 0.706. The lowest BCUT2D eigenvalue weighted by molar-refractivity contribution is 0.172. The molecular weight excluding hydrogens is 256 g/mol. The van der Waals surface area contributed by atoms with Crippen molar-refractivity contribution < 1.29 is 9.47 Å². The van der Waals surface area contributed by atoms with Gasteiger partial charge in [0, 0.05) is 24.6 Å². The first kappa shape index (κ1) is 12.5. The van der Waals surface area contributed by atoms with Crippen LogP contribution in [-0.2, 0) is 11.2 Å². The summed E-state index contributed by atoms with van der Waals surface area (Å²) in [6.07, 6.45) is 1.92. The van der Waals surface area contributed by atoms with Crippen LogP contribution in [0, 0.1) is 0 Å². The molecular formula is C12H17BrO2. The van der Waals surface area contributed by atoms with Crippen LogP contribution in [0.1, 0.15) is 18.9 Å². The number of hydrogen-bond acceptors (Lipinski definition) is 2. The summed E-state index contributed by atoms with van der Waals surface area (Å²) in [5, 5.41) is 0. The van der Waals surface area contributed by atoms with Crippen LogP contribution in [0.2, 0.25) is 0 Å². The quantitative estimate of drug-likeness (QED) is 0.739. The minimum atomic E-state index is 0.706. The monoisotopic (exact) mass is 272 g/mol. The molecule has 0 N–H and O–H groups in total. The van der Waals surface area contributed by atoms with Gasteiger partial charge in [0.05, 0.1) is 6.61 Å². The molecule has 3 heteroatoms. The summed E-state index contributed by atoms with van der Waals surface area (Å²) in [7, 11) is 1.70. The van der Waals surface area contributed by atoms with Gasteiger partial charge in [-0.3, -0.25) is 0 Å². The highest BCUT2D eigenvalue weighted by Gasteiger charge is 2.02. The van der Waals surface area contributed by atoms with Crippen molar-refractivity contribution in [3.8, 4) is 5.75 Å². The third-order valence-electron chi connectivity index (χ3n) is 2.16. The molecule has 0 amide bonds. The van der Waals surface area contributed by atoms with Crippen LogP contribution in [0.5, 0.6) is 5.75 Å². The van der Waals surface area contributed by atoms with Gasteiger partial charge >= 0.3 is 0 Å². The number of rotatable bonds is 6. The Morgan fingerprint density at radius 1 is 1.27 bits per heavy atom. The molecule has 2 nitrogen and oxygen atoms in total. The van der Waals surface area contributed by atoms with Gasteiger partial charge in [-0.15, -0.1) is 0 Å². The first-order chi connectivity index (χ1) is 7.27. The highest BCUT2D eigenvalue weighted by Crippen LogP contribution is 2.24. The topological polar surface area (TPSA) is 18.5 Å². The molecule has 0 fully saturated rings. The van der Waals surface area contributed by atoms with Crippen LogP contribution in [0.4, 0.5) is 0 Å². The number of hydrogen-bond donors (Lipinski definition) is 0. The molecule has 0 aliphatic heterocycles. The van der Waals surface area contributed by atoms with Crippen LogP contribution in [0.3, 0.4) is 0 Å². The number of methoxy groups -OCH3 is 1. The van der Waals surface area contributed by atoms with Crippen LogP contribution in [-0.4, -0.2) is 20.3 Å². The molecule has 84 valence electrons. The van der Waals surface area contributed by atoms with E-state index in [1.54, 1.807) is 7.11 Å². The number of benzene rings is 1. The van der Waals surface area contributed by atoms with E-state index < -0.39 is 0 Å². The van der Waals surface area contributed by atoms with Crippen LogP contribution < -0.4 is 4.74 Å². The smallest absolute Gasteiger partial charge is 0.123 e. The maximum atomic E-state index is 5.70. The maximum Gasteiger partial charge on any atom is 0.123 e. The van der Waals surface area contributed by atoms with Crippen molar-refractivity contribution in [3.63, 3.8) is 0 Å². The Balaban J connectivity index is 2.54. The minimum Gasteiger partial charge on any atom is -0.493 e. The van der Waals surface area contributed by atoms with Gasteiger partial charge in [-0.2, -0.15) is 0 Å². The lowest BCUT2D eigenvalue weighted by atomic mass is 10.1. The van der Waals surface area contributed by atoms with Gasteiger partial charge in [-0.1, -0.05) is 28.9 Å². The lowest BCUT2D eigenvalue weighted by Crippen LogP contribution is -2.03. The molecule has 0 aliphatic rings. The largest absolute Gasteiger partial charge is 0.493 e. The third kappa shape index (κ3) is 4.22. The SMILES string of the molecule is CCc1ccc(Br)cc1OCCCOC. The lowest BCUT2D eigenvalue weighted by Gasteiger charge is -2.10. The summed E-state index contributed by atoms with van der Waals surface area (Å²) in [6.45, 7) is 3.58. The molecule has 0 saturated carbocycles. The average Bonchev–Trinajstić information content (AvgIpc) is 2.25. The summed E-state index contributed by atoms with van der Waals surface area (Å²) in [4.78, 5) is 0. The van der Waals surface area contributed by atoms with E-state index in [0.29, 0.717) is 6.61 Å². The van der Waals surface area contributed by atoms with E-state index in [0.717, 1.165) is 29.7 Å². The van der Waals surface area contributed by atoms with Crippen molar-refractivity contribution in [2.45, 2.75) is 19.8 Å². The van der Waals surface area contributed by atoms with Crippen LogP contribution in [0.15, 0.2) is 22.7 Å². The fourth-order valence-corrected chi connectivity index (χ4v) is 1.68. The zero-order valence-corrected chi connectivity index (χ0v) is 10.8. The molecule has 0 atom stereocenters. The Morgan fingerprint density at radius 2 is 2.07 bits per heavy atom. The van der Waals surface area contributed by atoms with Crippen molar-refractivity contribution in [3.05, 3.63) is 28.2 Å². The van der Waals surface area contributed by atoms with E-state index in [-0.39, 0.29) is 0 Å². The van der Waals surface area contributed by atoms with E-state index in [1.165, 1.54) is 5.56 Å². The second-order valence-corrected chi connectivity index (χ2v) is 4.22. The van der Waals surface area contributed by atoms with E-state index in [4.69, 9.17) is 9.47 Å². The molecule has 15 heavy (non-hydrogen) atoms. The van der Waals surface area contributed by atoms with Crippen molar-refractivity contribution >= 4 is 15.9 Å². The Hall–Kier alpha value is -0.540. The molecule has 0 bridgehead atoms.